The molecule has 1 fully saturated rings. The molecule has 1 N–H and O–H groups in total. The van der Waals surface area contributed by atoms with Crippen molar-refractivity contribution in [1.82, 2.24) is 4.98 Å². The number of Topliss-reactive ketones (excluding diaryl/α,β-unsaturated/α-hetero) is 1. The first-order valence-electron chi connectivity index (χ1n) is 4.48. The van der Waals surface area contributed by atoms with E-state index in [0.717, 1.165) is 12.8 Å². The first-order chi connectivity index (χ1) is 6.75. The summed E-state index contributed by atoms with van der Waals surface area (Å²) in [4.78, 5) is 26.5. The molecule has 5 heteroatoms. The molecule has 1 saturated carbocycles. The van der Waals surface area contributed by atoms with Crippen molar-refractivity contribution in [3.05, 3.63) is 11.6 Å². The molecule has 0 aromatic carbocycles. The highest BCUT2D eigenvalue weighted by molar-refractivity contribution is 7.13. The molecule has 4 nitrogen and oxygen atoms in total. The third-order valence-corrected chi connectivity index (χ3v) is 2.73. The molecule has 0 radical (unpaired) electrons. The van der Waals surface area contributed by atoms with Crippen LogP contribution in [0, 0.1) is 5.92 Å². The average Bonchev–Trinajstić information content (AvgIpc) is 2.87. The highest BCUT2D eigenvalue weighted by atomic mass is 32.1. The maximum Gasteiger partial charge on any atom is 0.233 e. The number of aromatic nitrogens is 1. The summed E-state index contributed by atoms with van der Waals surface area (Å²) < 4.78 is 0. The van der Waals surface area contributed by atoms with Gasteiger partial charge in [-0.05, 0) is 12.8 Å². The number of rotatable bonds is 4. The predicted molar refractivity (Wildman–Crippen MR) is 53.1 cm³/mol. The molecular formula is C9H10N2O2S. The number of amides is 1. The summed E-state index contributed by atoms with van der Waals surface area (Å²) in [7, 11) is 0. The molecule has 1 aliphatic carbocycles. The van der Waals surface area contributed by atoms with E-state index in [4.69, 9.17) is 0 Å². The summed E-state index contributed by atoms with van der Waals surface area (Å²) >= 11 is 1.35. The number of nitrogens with one attached hydrogen (secondary N) is 1. The molecule has 74 valence electrons. The summed E-state index contributed by atoms with van der Waals surface area (Å²) in [5.41, 5.74) is 0. The fraction of sp³-hybridized carbons (Fsp3) is 0.444. The highest BCUT2D eigenvalue weighted by Gasteiger charge is 2.30. The van der Waals surface area contributed by atoms with Gasteiger partial charge in [-0.1, -0.05) is 0 Å². The lowest BCUT2D eigenvalue weighted by atomic mass is 10.2. The van der Waals surface area contributed by atoms with Crippen LogP contribution in [0.4, 0.5) is 5.13 Å². The standard InChI is InChI=1S/C9H10N2O2S/c12-7(6-1-2-6)5-8(13)11-9-10-3-4-14-9/h3-4,6H,1-2,5H2,(H,10,11,13). The summed E-state index contributed by atoms with van der Waals surface area (Å²) in [5, 5.41) is 4.91. The summed E-state index contributed by atoms with van der Waals surface area (Å²) in [6.07, 6.45) is 3.50. The second-order valence-corrected chi connectivity index (χ2v) is 4.20. The Bertz CT molecular complexity index is 344. The Hall–Kier alpha value is -1.23. The van der Waals surface area contributed by atoms with Crippen LogP contribution < -0.4 is 5.32 Å². The van der Waals surface area contributed by atoms with Crippen molar-refractivity contribution in [3.63, 3.8) is 0 Å². The van der Waals surface area contributed by atoms with Gasteiger partial charge in [0.05, 0.1) is 6.42 Å². The van der Waals surface area contributed by atoms with Crippen LogP contribution in [0.3, 0.4) is 0 Å². The summed E-state index contributed by atoms with van der Waals surface area (Å²) in [6, 6.07) is 0. The minimum Gasteiger partial charge on any atom is -0.302 e. The van der Waals surface area contributed by atoms with Crippen molar-refractivity contribution in [2.45, 2.75) is 19.3 Å². The normalized spacial score (nSPS) is 15.1. The van der Waals surface area contributed by atoms with Crippen molar-refractivity contribution < 1.29 is 9.59 Å². The average molecular weight is 210 g/mol. The fourth-order valence-corrected chi connectivity index (χ4v) is 1.70. The van der Waals surface area contributed by atoms with Crippen LogP contribution in [0.15, 0.2) is 11.6 Å². The van der Waals surface area contributed by atoms with Gasteiger partial charge < -0.3 is 5.32 Å². The van der Waals surface area contributed by atoms with Gasteiger partial charge in [0.1, 0.15) is 5.78 Å². The first kappa shape index (κ1) is 9.33. The van der Waals surface area contributed by atoms with Crippen molar-refractivity contribution in [3.8, 4) is 0 Å². The van der Waals surface area contributed by atoms with Crippen LogP contribution in [0.25, 0.3) is 0 Å². The molecule has 1 aromatic heterocycles. The monoisotopic (exact) mass is 210 g/mol. The van der Waals surface area contributed by atoms with Gasteiger partial charge in [0.25, 0.3) is 0 Å². The third kappa shape index (κ3) is 2.38. The van der Waals surface area contributed by atoms with Crippen LogP contribution in [0.1, 0.15) is 19.3 Å². The predicted octanol–water partition coefficient (Wildman–Crippen LogP) is 1.45. The zero-order chi connectivity index (χ0) is 9.97. The Morgan fingerprint density at radius 1 is 1.57 bits per heavy atom. The van der Waals surface area contributed by atoms with Crippen molar-refractivity contribution in [2.75, 3.05) is 5.32 Å². The van der Waals surface area contributed by atoms with Gasteiger partial charge in [-0.25, -0.2) is 4.98 Å². The van der Waals surface area contributed by atoms with Gasteiger partial charge in [0, 0.05) is 17.5 Å². The van der Waals surface area contributed by atoms with Crippen molar-refractivity contribution in [1.29, 1.82) is 0 Å². The van der Waals surface area contributed by atoms with E-state index in [9.17, 15) is 9.59 Å². The number of hydrogen-bond acceptors (Lipinski definition) is 4. The Morgan fingerprint density at radius 2 is 2.36 bits per heavy atom. The highest BCUT2D eigenvalue weighted by Crippen LogP contribution is 2.30. The molecule has 0 aliphatic heterocycles. The molecule has 14 heavy (non-hydrogen) atoms. The molecule has 0 atom stereocenters. The van der Waals surface area contributed by atoms with E-state index in [1.54, 1.807) is 11.6 Å². The Morgan fingerprint density at radius 3 is 2.93 bits per heavy atom. The second kappa shape index (κ2) is 3.88. The number of carbonyl (C=O) groups is 2. The molecule has 2 rings (SSSR count). The maximum atomic E-state index is 11.3. The zero-order valence-electron chi connectivity index (χ0n) is 7.53. The number of ketones is 1. The van der Waals surface area contributed by atoms with Gasteiger partial charge in [0.15, 0.2) is 5.13 Å². The van der Waals surface area contributed by atoms with Crippen LogP contribution in [-0.4, -0.2) is 16.7 Å². The molecule has 1 amide bonds. The van der Waals surface area contributed by atoms with Crippen LogP contribution >= 0.6 is 11.3 Å². The fourth-order valence-electron chi connectivity index (χ4n) is 1.16. The van der Waals surface area contributed by atoms with E-state index in [0.29, 0.717) is 5.13 Å². The lowest BCUT2D eigenvalue weighted by Crippen LogP contribution is -2.17. The summed E-state index contributed by atoms with van der Waals surface area (Å²) in [6.45, 7) is 0. The van der Waals surface area contributed by atoms with Crippen LogP contribution in [-0.2, 0) is 9.59 Å². The topological polar surface area (TPSA) is 59.1 Å². The molecule has 0 saturated heterocycles. The molecule has 0 bridgehead atoms. The summed E-state index contributed by atoms with van der Waals surface area (Å²) in [5.74, 6) is -0.0482. The Kier molecular flexibility index (Phi) is 2.58. The Labute approximate surface area is 85.3 Å². The van der Waals surface area contributed by atoms with E-state index in [2.05, 4.69) is 10.3 Å². The lowest BCUT2D eigenvalue weighted by Gasteiger charge is -1.99. The van der Waals surface area contributed by atoms with Gasteiger partial charge >= 0.3 is 0 Å². The van der Waals surface area contributed by atoms with Gasteiger partial charge in [-0.3, -0.25) is 9.59 Å². The smallest absolute Gasteiger partial charge is 0.233 e. The lowest BCUT2D eigenvalue weighted by molar-refractivity contribution is -0.126. The first-order valence-corrected chi connectivity index (χ1v) is 5.36. The number of carbonyl (C=O) groups excluding carboxylic acids is 2. The van der Waals surface area contributed by atoms with Gasteiger partial charge in [-0.2, -0.15) is 0 Å². The van der Waals surface area contributed by atoms with E-state index < -0.39 is 0 Å². The minimum absolute atomic E-state index is 0.00968. The second-order valence-electron chi connectivity index (χ2n) is 3.30. The Balaban J connectivity index is 1.81. The third-order valence-electron chi connectivity index (χ3n) is 2.05. The zero-order valence-corrected chi connectivity index (χ0v) is 8.34. The SMILES string of the molecule is O=C(CC(=O)C1CC1)Nc1nccs1. The molecule has 0 unspecified atom stereocenters. The maximum absolute atomic E-state index is 11.3. The molecule has 0 spiro atoms. The quantitative estimate of drug-likeness (QED) is 0.765. The molecule has 1 heterocycles. The molecule has 1 aliphatic rings. The minimum atomic E-state index is -0.253. The van der Waals surface area contributed by atoms with E-state index in [1.165, 1.54) is 11.3 Å². The van der Waals surface area contributed by atoms with E-state index in [1.807, 2.05) is 0 Å². The van der Waals surface area contributed by atoms with Crippen LogP contribution in [0.5, 0.6) is 0 Å². The van der Waals surface area contributed by atoms with Crippen molar-refractivity contribution >= 4 is 28.2 Å². The number of thiazole rings is 1. The number of nitrogens with zero attached hydrogens (tertiary/aromatic N) is 1. The molecular weight excluding hydrogens is 200 g/mol. The van der Waals surface area contributed by atoms with Gasteiger partial charge in [0.2, 0.25) is 5.91 Å². The largest absolute Gasteiger partial charge is 0.302 e. The molecule has 1 aromatic rings. The van der Waals surface area contributed by atoms with Crippen LogP contribution in [0.2, 0.25) is 0 Å². The number of anilines is 1. The van der Waals surface area contributed by atoms with E-state index in [-0.39, 0.29) is 24.0 Å². The number of hydrogen-bond donors (Lipinski definition) is 1. The van der Waals surface area contributed by atoms with Crippen molar-refractivity contribution in [2.24, 2.45) is 5.92 Å². The van der Waals surface area contributed by atoms with E-state index >= 15 is 0 Å². The van der Waals surface area contributed by atoms with Gasteiger partial charge in [-0.15, -0.1) is 11.3 Å².